The molecule has 13 heteroatoms. The molecule has 2 fully saturated rings. The Morgan fingerprint density at radius 3 is 2.64 bits per heavy atom. The van der Waals surface area contributed by atoms with E-state index >= 15 is 0 Å². The van der Waals surface area contributed by atoms with Gasteiger partial charge in [-0.2, -0.15) is 29.3 Å². The monoisotopic (exact) mass is 575 g/mol. The van der Waals surface area contributed by atoms with Gasteiger partial charge in [0.05, 0.1) is 29.6 Å². The van der Waals surface area contributed by atoms with E-state index in [2.05, 4.69) is 21.4 Å². The number of allylic oxidation sites excluding steroid dienone is 1. The van der Waals surface area contributed by atoms with Crippen LogP contribution >= 0.6 is 0 Å². The van der Waals surface area contributed by atoms with Crippen molar-refractivity contribution in [1.82, 2.24) is 9.88 Å². The second-order valence-electron chi connectivity index (χ2n) is 10.8. The minimum absolute atomic E-state index is 0.103. The fourth-order valence-corrected chi connectivity index (χ4v) is 5.53. The Morgan fingerprint density at radius 2 is 1.95 bits per heavy atom. The minimum atomic E-state index is -4.56. The summed E-state index contributed by atoms with van der Waals surface area (Å²) in [4.78, 5) is 40.6. The van der Waals surface area contributed by atoms with E-state index in [1.807, 2.05) is 0 Å². The van der Waals surface area contributed by atoms with Gasteiger partial charge in [-0.15, -0.1) is 4.59 Å². The number of aromatic nitrogens is 1. The fraction of sp³-hybridized carbons (Fsp3) is 0.310. The third kappa shape index (κ3) is 4.78. The van der Waals surface area contributed by atoms with Crippen LogP contribution in [0.1, 0.15) is 47.2 Å². The van der Waals surface area contributed by atoms with Gasteiger partial charge in [0, 0.05) is 30.8 Å². The number of piperidine rings is 1. The Labute approximate surface area is 238 Å². The van der Waals surface area contributed by atoms with E-state index in [9.17, 15) is 28.0 Å². The summed E-state index contributed by atoms with van der Waals surface area (Å²) in [6.07, 6.45) is 4.09. The van der Waals surface area contributed by atoms with Crippen molar-refractivity contribution in [1.29, 1.82) is 5.26 Å². The number of nitrogens with one attached hydrogen (secondary N) is 1. The van der Waals surface area contributed by atoms with E-state index in [-0.39, 0.29) is 27.8 Å². The summed E-state index contributed by atoms with van der Waals surface area (Å²) in [5.74, 6) is 6.27. The number of carbonyl (C=O) groups excluding carboxylic acids is 2. The highest BCUT2D eigenvalue weighted by Gasteiger charge is 2.54. The molecular weight excluding hydrogens is 549 g/mol. The topological polar surface area (TPSA) is 137 Å². The molecule has 3 aliphatic heterocycles. The summed E-state index contributed by atoms with van der Waals surface area (Å²) < 4.78 is 38.8. The van der Waals surface area contributed by atoms with Crippen LogP contribution < -0.4 is 11.2 Å². The maximum Gasteiger partial charge on any atom is 0.416 e. The number of carbonyl (C=O) groups is 2. The number of halogens is 3. The predicted molar refractivity (Wildman–Crippen MR) is 146 cm³/mol. The van der Waals surface area contributed by atoms with E-state index in [0.29, 0.717) is 43.0 Å². The van der Waals surface area contributed by atoms with Gasteiger partial charge >= 0.3 is 6.18 Å². The number of aliphatic imine (C=N–C) groups is 2. The molecule has 2 atom stereocenters. The molecule has 0 spiro atoms. The lowest BCUT2D eigenvalue weighted by atomic mass is 9.92. The van der Waals surface area contributed by atoms with Crippen LogP contribution in [0.25, 0.3) is 0 Å². The molecule has 214 valence electrons. The lowest BCUT2D eigenvalue weighted by Gasteiger charge is -2.34. The third-order valence-corrected chi connectivity index (χ3v) is 8.03. The largest absolute Gasteiger partial charge is 0.416 e. The third-order valence-electron chi connectivity index (χ3n) is 8.03. The summed E-state index contributed by atoms with van der Waals surface area (Å²) in [6, 6.07) is 10.2. The van der Waals surface area contributed by atoms with Gasteiger partial charge in [-0.25, -0.2) is 4.98 Å². The molecule has 10 nitrogen and oxygen atoms in total. The van der Waals surface area contributed by atoms with E-state index in [0.717, 1.165) is 36.9 Å². The Hall–Kier alpha value is -4.67. The highest BCUT2D eigenvalue weighted by molar-refractivity contribution is 6.05. The molecule has 4 aliphatic rings. The van der Waals surface area contributed by atoms with Crippen molar-refractivity contribution in [2.24, 2.45) is 27.2 Å². The molecule has 6 rings (SSSR count). The second-order valence-corrected chi connectivity index (χ2v) is 10.8. The molecule has 0 bridgehead atoms. The van der Waals surface area contributed by atoms with Gasteiger partial charge < -0.3 is 10.2 Å². The molecule has 1 saturated heterocycles. The average molecular weight is 576 g/mol. The van der Waals surface area contributed by atoms with E-state index in [1.165, 1.54) is 12.1 Å². The number of benzene rings is 1. The Morgan fingerprint density at radius 1 is 1.19 bits per heavy atom. The second kappa shape index (κ2) is 10.0. The Balaban J connectivity index is 1.23. The van der Waals surface area contributed by atoms with Crippen LogP contribution in [-0.4, -0.2) is 51.4 Å². The van der Waals surface area contributed by atoms with Crippen molar-refractivity contribution in [2.45, 2.75) is 31.9 Å². The number of amides is 2. The minimum Gasteiger partial charge on any atom is -0.341 e. The molecule has 1 aliphatic carbocycles. The quantitative estimate of drug-likeness (QED) is 0.408. The number of nitrogens with zero attached hydrogens (tertiary/aromatic N) is 6. The molecule has 1 aromatic carbocycles. The molecule has 1 saturated carbocycles. The predicted octanol–water partition coefficient (Wildman–Crippen LogP) is 4.11. The van der Waals surface area contributed by atoms with Gasteiger partial charge in [0.15, 0.2) is 0 Å². The van der Waals surface area contributed by atoms with Gasteiger partial charge in [0.1, 0.15) is 23.1 Å². The van der Waals surface area contributed by atoms with Crippen LogP contribution in [0.2, 0.25) is 0 Å². The van der Waals surface area contributed by atoms with Crippen LogP contribution in [0.15, 0.2) is 76.4 Å². The first-order valence-corrected chi connectivity index (χ1v) is 13.4. The van der Waals surface area contributed by atoms with E-state index < -0.39 is 23.1 Å². The molecule has 2 amide bonds. The van der Waals surface area contributed by atoms with Gasteiger partial charge in [-0.1, -0.05) is 0 Å². The normalized spacial score (nSPS) is 24.1. The van der Waals surface area contributed by atoms with Crippen LogP contribution in [0.5, 0.6) is 0 Å². The maximum absolute atomic E-state index is 13.1. The number of fused-ring (bicyclic) bond motifs is 1. The van der Waals surface area contributed by atoms with Gasteiger partial charge in [0.25, 0.3) is 11.7 Å². The Kier molecular flexibility index (Phi) is 6.55. The van der Waals surface area contributed by atoms with Crippen molar-refractivity contribution in [3.63, 3.8) is 0 Å². The van der Waals surface area contributed by atoms with Crippen LogP contribution in [0, 0.1) is 22.7 Å². The molecule has 1 aromatic heterocycles. The average Bonchev–Trinajstić information content (AvgIpc) is 3.73. The summed E-state index contributed by atoms with van der Waals surface area (Å²) >= 11 is 0. The number of amidine groups is 1. The Bertz CT molecular complexity index is 1630. The number of pyridine rings is 1. The smallest absolute Gasteiger partial charge is 0.341 e. The van der Waals surface area contributed by atoms with Crippen molar-refractivity contribution < 1.29 is 27.4 Å². The van der Waals surface area contributed by atoms with E-state index in [1.54, 1.807) is 35.6 Å². The van der Waals surface area contributed by atoms with Crippen molar-refractivity contribution in [2.75, 3.05) is 18.4 Å². The first kappa shape index (κ1) is 27.5. The van der Waals surface area contributed by atoms with E-state index in [4.69, 9.17) is 10.8 Å². The number of anilines is 1. The molecule has 4 heterocycles. The van der Waals surface area contributed by atoms with Crippen molar-refractivity contribution in [3.8, 4) is 6.07 Å². The van der Waals surface area contributed by atoms with Crippen LogP contribution in [-0.2, 0) is 11.0 Å². The fourth-order valence-electron chi connectivity index (χ4n) is 5.53. The number of nitriles is 1. The molecule has 42 heavy (non-hydrogen) atoms. The number of quaternary nitrogens is 1. The molecule has 0 radical (unpaired) electrons. The number of hydrogen-bond acceptors (Lipinski definition) is 7. The maximum atomic E-state index is 13.1. The van der Waals surface area contributed by atoms with Crippen LogP contribution in [0.3, 0.4) is 0 Å². The molecule has 1 unspecified atom stereocenters. The van der Waals surface area contributed by atoms with Gasteiger partial charge in [-0.3, -0.25) is 14.6 Å². The zero-order valence-electron chi connectivity index (χ0n) is 22.3. The lowest BCUT2D eigenvalue weighted by Crippen LogP contribution is -2.53. The summed E-state index contributed by atoms with van der Waals surface area (Å²) in [6.45, 7) is 1.02. The molecule has 2 aromatic rings. The SMILES string of the molecule is N#CC1(C(=O)N2CCC[C@@H](C3=C4C=NC=C[N+]4(N)C(c4ccc(C(=O)Nc5cc(C(F)(F)F)ccn5)cc4)=N3)C2)CC1. The lowest BCUT2D eigenvalue weighted by molar-refractivity contribution is -0.750. The van der Waals surface area contributed by atoms with Crippen LogP contribution in [0.4, 0.5) is 19.0 Å². The number of nitrogens with two attached hydrogens (primary N) is 1. The zero-order chi connectivity index (χ0) is 29.7. The number of likely N-dealkylation sites (tertiary alicyclic amines) is 1. The first-order chi connectivity index (χ1) is 20.0. The standard InChI is InChI=1S/C29H25F3N8O2/c30-29(31,32)21-7-10-36-23(14-21)37-26(41)19-5-3-18(4-6-19)25-38-24(22-15-35-11-13-40(22,25)34)20-2-1-12-39(16-20)27(42)28(17-33)8-9-28/h3-7,10-11,13-15,20H,1-2,8-9,12,16,34H2/p+1/t20-,40?/m1/s1. The zero-order valence-corrected chi connectivity index (χ0v) is 22.3. The summed E-state index contributed by atoms with van der Waals surface area (Å²) in [5.41, 5.74) is 0.417. The first-order valence-electron chi connectivity index (χ1n) is 13.4. The van der Waals surface area contributed by atoms with Gasteiger partial charge in [0.2, 0.25) is 11.6 Å². The number of alkyl halides is 3. The van der Waals surface area contributed by atoms with Crippen molar-refractivity contribution in [3.05, 3.63) is 83.1 Å². The summed E-state index contributed by atoms with van der Waals surface area (Å²) in [5, 5.41) is 11.9. The highest BCUT2D eigenvalue weighted by Crippen LogP contribution is 2.47. The summed E-state index contributed by atoms with van der Waals surface area (Å²) in [7, 11) is 0. The van der Waals surface area contributed by atoms with Crippen molar-refractivity contribution >= 4 is 29.7 Å². The molecular formula is C29H26F3N8O2+. The molecule has 3 N–H and O–H groups in total. The number of hydrogen-bond donors (Lipinski definition) is 2. The number of rotatable bonds is 5. The highest BCUT2D eigenvalue weighted by atomic mass is 19.4. The van der Waals surface area contributed by atoms with Gasteiger partial charge in [-0.05, 0) is 62.1 Å².